The molecule has 2 fully saturated rings. The smallest absolute Gasteiger partial charge is 0.0695 e. The lowest BCUT2D eigenvalue weighted by atomic mass is 10.1. The molecule has 82 valence electrons. The van der Waals surface area contributed by atoms with Gasteiger partial charge in [0.1, 0.15) is 0 Å². The monoisotopic (exact) mass is 199 g/mol. The first-order valence-electron chi connectivity index (χ1n) is 5.74. The largest absolute Gasteiger partial charge is 0.391 e. The number of hydrogen-bond acceptors (Lipinski definition) is 3. The summed E-state index contributed by atoms with van der Waals surface area (Å²) < 4.78 is 5.69. The molecule has 0 aromatic heterocycles. The number of ether oxygens (including phenoxy) is 1. The van der Waals surface area contributed by atoms with E-state index in [1.807, 2.05) is 0 Å². The van der Waals surface area contributed by atoms with Gasteiger partial charge in [0.05, 0.1) is 18.3 Å². The molecule has 2 rings (SSSR count). The molecule has 1 heterocycles. The Kier molecular flexibility index (Phi) is 3.10. The van der Waals surface area contributed by atoms with E-state index in [0.29, 0.717) is 18.2 Å². The lowest BCUT2D eigenvalue weighted by Gasteiger charge is -2.39. The number of hydrogen-bond donors (Lipinski definition) is 1. The number of morpholine rings is 1. The van der Waals surface area contributed by atoms with Crippen LogP contribution in [0.2, 0.25) is 0 Å². The molecule has 4 atom stereocenters. The second-order valence-corrected chi connectivity index (χ2v) is 4.78. The van der Waals surface area contributed by atoms with Gasteiger partial charge in [0.15, 0.2) is 0 Å². The first kappa shape index (κ1) is 10.4. The molecule has 0 bridgehead atoms. The fraction of sp³-hybridized carbons (Fsp3) is 1.00. The fourth-order valence-electron chi connectivity index (χ4n) is 2.84. The van der Waals surface area contributed by atoms with Gasteiger partial charge < -0.3 is 9.84 Å². The van der Waals surface area contributed by atoms with E-state index in [2.05, 4.69) is 18.7 Å². The van der Waals surface area contributed by atoms with Gasteiger partial charge in [0.2, 0.25) is 0 Å². The second-order valence-electron chi connectivity index (χ2n) is 4.78. The van der Waals surface area contributed by atoms with E-state index >= 15 is 0 Å². The standard InChI is InChI=1S/C11H21NO2/c1-8-6-12(7-9(2)14-8)10-4-3-5-11(10)13/h8-11,13H,3-7H2,1-2H3. The van der Waals surface area contributed by atoms with E-state index in [1.54, 1.807) is 0 Å². The van der Waals surface area contributed by atoms with Gasteiger partial charge in [-0.2, -0.15) is 0 Å². The van der Waals surface area contributed by atoms with E-state index < -0.39 is 0 Å². The van der Waals surface area contributed by atoms with Crippen molar-refractivity contribution in [2.24, 2.45) is 0 Å². The Balaban J connectivity index is 1.95. The highest BCUT2D eigenvalue weighted by Gasteiger charge is 2.34. The first-order chi connectivity index (χ1) is 6.66. The lowest BCUT2D eigenvalue weighted by Crippen LogP contribution is -2.52. The third-order valence-corrected chi connectivity index (χ3v) is 3.36. The minimum absolute atomic E-state index is 0.104. The summed E-state index contributed by atoms with van der Waals surface area (Å²) in [5, 5.41) is 9.83. The molecule has 14 heavy (non-hydrogen) atoms. The Morgan fingerprint density at radius 1 is 1.14 bits per heavy atom. The number of nitrogens with zero attached hydrogens (tertiary/aromatic N) is 1. The van der Waals surface area contributed by atoms with Crippen molar-refractivity contribution in [2.45, 2.75) is 57.5 Å². The van der Waals surface area contributed by atoms with Crippen LogP contribution in [0.3, 0.4) is 0 Å². The van der Waals surface area contributed by atoms with Crippen LogP contribution < -0.4 is 0 Å². The summed E-state index contributed by atoms with van der Waals surface area (Å²) in [6, 6.07) is 0.392. The zero-order valence-electron chi connectivity index (χ0n) is 9.15. The Morgan fingerprint density at radius 3 is 2.29 bits per heavy atom. The molecule has 3 nitrogen and oxygen atoms in total. The highest BCUT2D eigenvalue weighted by atomic mass is 16.5. The summed E-state index contributed by atoms with van der Waals surface area (Å²) in [7, 11) is 0. The molecule has 0 spiro atoms. The van der Waals surface area contributed by atoms with Crippen molar-refractivity contribution < 1.29 is 9.84 Å². The molecule has 1 aliphatic heterocycles. The Morgan fingerprint density at radius 2 is 1.79 bits per heavy atom. The van der Waals surface area contributed by atoms with Crippen LogP contribution in [0.15, 0.2) is 0 Å². The van der Waals surface area contributed by atoms with Crippen LogP contribution in [0, 0.1) is 0 Å². The van der Waals surface area contributed by atoms with Crippen LogP contribution in [0.25, 0.3) is 0 Å². The van der Waals surface area contributed by atoms with Crippen LogP contribution >= 0.6 is 0 Å². The molecular weight excluding hydrogens is 178 g/mol. The quantitative estimate of drug-likeness (QED) is 0.684. The highest BCUT2D eigenvalue weighted by molar-refractivity contribution is 4.88. The van der Waals surface area contributed by atoms with Gasteiger partial charge in [-0.25, -0.2) is 0 Å². The molecule has 0 radical (unpaired) electrons. The molecule has 2 aliphatic rings. The van der Waals surface area contributed by atoms with E-state index in [-0.39, 0.29) is 6.10 Å². The number of rotatable bonds is 1. The van der Waals surface area contributed by atoms with Crippen molar-refractivity contribution in [3.8, 4) is 0 Å². The molecular formula is C11H21NO2. The summed E-state index contributed by atoms with van der Waals surface area (Å²) in [5.41, 5.74) is 0. The third kappa shape index (κ3) is 2.10. The molecule has 3 heteroatoms. The zero-order chi connectivity index (χ0) is 10.1. The maximum atomic E-state index is 9.83. The van der Waals surface area contributed by atoms with Crippen molar-refractivity contribution in [1.82, 2.24) is 4.90 Å². The van der Waals surface area contributed by atoms with Gasteiger partial charge in [-0.15, -0.1) is 0 Å². The normalized spacial score (nSPS) is 45.6. The van der Waals surface area contributed by atoms with Gasteiger partial charge in [-0.05, 0) is 33.1 Å². The maximum absolute atomic E-state index is 9.83. The van der Waals surface area contributed by atoms with Gasteiger partial charge in [0, 0.05) is 19.1 Å². The predicted molar refractivity (Wildman–Crippen MR) is 55.2 cm³/mol. The Bertz CT molecular complexity index is 188. The van der Waals surface area contributed by atoms with Crippen LogP contribution in [-0.2, 0) is 4.74 Å². The van der Waals surface area contributed by atoms with Crippen LogP contribution in [-0.4, -0.2) is 47.4 Å². The summed E-state index contributed by atoms with van der Waals surface area (Å²) in [6.45, 7) is 6.19. The molecule has 4 unspecified atom stereocenters. The van der Waals surface area contributed by atoms with Gasteiger partial charge in [0.25, 0.3) is 0 Å². The van der Waals surface area contributed by atoms with Crippen molar-refractivity contribution in [2.75, 3.05) is 13.1 Å². The number of aliphatic hydroxyl groups is 1. The molecule has 0 aromatic carbocycles. The predicted octanol–water partition coefficient (Wildman–Crippen LogP) is 1.01. The van der Waals surface area contributed by atoms with E-state index in [0.717, 1.165) is 25.9 Å². The molecule has 0 amide bonds. The first-order valence-corrected chi connectivity index (χ1v) is 5.74. The Labute approximate surface area is 86.0 Å². The van der Waals surface area contributed by atoms with Crippen molar-refractivity contribution in [3.63, 3.8) is 0 Å². The SMILES string of the molecule is CC1CN(C2CCCC2O)CC(C)O1. The van der Waals surface area contributed by atoms with Gasteiger partial charge >= 0.3 is 0 Å². The lowest BCUT2D eigenvalue weighted by molar-refractivity contribution is -0.0911. The van der Waals surface area contributed by atoms with Crippen LogP contribution in [0.5, 0.6) is 0 Å². The maximum Gasteiger partial charge on any atom is 0.0695 e. The summed E-state index contributed by atoms with van der Waals surface area (Å²) in [5.74, 6) is 0. The molecule has 1 saturated heterocycles. The second kappa shape index (κ2) is 4.17. The highest BCUT2D eigenvalue weighted by Crippen LogP contribution is 2.26. The van der Waals surface area contributed by atoms with Crippen molar-refractivity contribution in [3.05, 3.63) is 0 Å². The topological polar surface area (TPSA) is 32.7 Å². The third-order valence-electron chi connectivity index (χ3n) is 3.36. The summed E-state index contributed by atoms with van der Waals surface area (Å²) in [6.07, 6.45) is 3.82. The fourth-order valence-corrected chi connectivity index (χ4v) is 2.84. The van der Waals surface area contributed by atoms with E-state index in [1.165, 1.54) is 6.42 Å². The average molecular weight is 199 g/mol. The minimum atomic E-state index is -0.104. The van der Waals surface area contributed by atoms with E-state index in [4.69, 9.17) is 4.74 Å². The minimum Gasteiger partial charge on any atom is -0.391 e. The summed E-state index contributed by atoms with van der Waals surface area (Å²) >= 11 is 0. The number of aliphatic hydroxyl groups excluding tert-OH is 1. The molecule has 1 saturated carbocycles. The van der Waals surface area contributed by atoms with Crippen molar-refractivity contribution >= 4 is 0 Å². The van der Waals surface area contributed by atoms with Crippen LogP contribution in [0.4, 0.5) is 0 Å². The van der Waals surface area contributed by atoms with Gasteiger partial charge in [-0.3, -0.25) is 4.90 Å². The molecule has 1 N–H and O–H groups in total. The zero-order valence-corrected chi connectivity index (χ0v) is 9.15. The van der Waals surface area contributed by atoms with E-state index in [9.17, 15) is 5.11 Å². The summed E-state index contributed by atoms with van der Waals surface area (Å²) in [4.78, 5) is 2.41. The molecule has 1 aliphatic carbocycles. The van der Waals surface area contributed by atoms with Crippen LogP contribution in [0.1, 0.15) is 33.1 Å². The average Bonchev–Trinajstić information content (AvgIpc) is 2.49. The molecule has 0 aromatic rings. The van der Waals surface area contributed by atoms with Crippen molar-refractivity contribution in [1.29, 1.82) is 0 Å². The Hall–Kier alpha value is -0.120. The van der Waals surface area contributed by atoms with Gasteiger partial charge in [-0.1, -0.05) is 0 Å².